The molecule has 0 radical (unpaired) electrons. The molecule has 142 valence electrons. The van der Waals surface area contributed by atoms with E-state index < -0.39 is 0 Å². The maximum absolute atomic E-state index is 12.3. The minimum atomic E-state index is -0.198. The first-order chi connectivity index (χ1) is 13.1. The number of nitrogens with zero attached hydrogens (tertiary/aromatic N) is 6. The normalized spacial score (nSPS) is 16.2. The molecule has 1 aliphatic rings. The Kier molecular flexibility index (Phi) is 4.63. The Morgan fingerprint density at radius 2 is 2.04 bits per heavy atom. The second-order valence-electron chi connectivity index (χ2n) is 6.91. The Balaban J connectivity index is 1.46. The average Bonchev–Trinajstić information content (AvgIpc) is 3.04. The Labute approximate surface area is 155 Å². The molecule has 1 saturated heterocycles. The lowest BCUT2D eigenvalue weighted by Gasteiger charge is -2.31. The van der Waals surface area contributed by atoms with Crippen molar-refractivity contribution in [2.45, 2.75) is 31.9 Å². The molecule has 0 aliphatic carbocycles. The molecule has 4 rings (SSSR count). The second-order valence-corrected chi connectivity index (χ2v) is 6.91. The van der Waals surface area contributed by atoms with E-state index in [0.29, 0.717) is 24.0 Å². The number of fused-ring (bicyclic) bond motifs is 1. The largest absolute Gasteiger partial charge is 0.504 e. The van der Waals surface area contributed by atoms with Gasteiger partial charge in [0, 0.05) is 31.8 Å². The molecule has 0 atom stereocenters. The predicted octanol–water partition coefficient (Wildman–Crippen LogP) is 0.401. The SMILES string of the molecule is Cn1c(CO)nnc1C1CCN(Cc2cc(=O)n3cccc(O)c3n2)CC1. The van der Waals surface area contributed by atoms with Gasteiger partial charge >= 0.3 is 0 Å². The van der Waals surface area contributed by atoms with Crippen LogP contribution in [0.1, 0.15) is 36.1 Å². The highest BCUT2D eigenvalue weighted by atomic mass is 16.3. The number of piperidine rings is 1. The summed E-state index contributed by atoms with van der Waals surface area (Å²) in [4.78, 5) is 19.0. The van der Waals surface area contributed by atoms with Crippen LogP contribution >= 0.6 is 0 Å². The fourth-order valence-electron chi connectivity index (χ4n) is 3.69. The minimum Gasteiger partial charge on any atom is -0.504 e. The lowest BCUT2D eigenvalue weighted by Crippen LogP contribution is -2.34. The van der Waals surface area contributed by atoms with Crippen LogP contribution in [-0.2, 0) is 20.2 Å². The van der Waals surface area contributed by atoms with Crippen molar-refractivity contribution in [3.05, 3.63) is 52.1 Å². The maximum Gasteiger partial charge on any atom is 0.258 e. The van der Waals surface area contributed by atoms with Crippen LogP contribution in [-0.4, -0.2) is 52.4 Å². The molecule has 0 unspecified atom stereocenters. The fraction of sp³-hybridized carbons (Fsp3) is 0.444. The lowest BCUT2D eigenvalue weighted by molar-refractivity contribution is 0.198. The standard InChI is InChI=1S/C18H22N6O3/c1-22-15(11-25)20-21-17(22)12-4-7-23(8-5-12)10-13-9-16(27)24-6-2-3-14(26)18(24)19-13/h2-3,6,9,12,25-26H,4-5,7-8,10-11H2,1H3. The third kappa shape index (κ3) is 3.31. The molecule has 0 amide bonds. The summed E-state index contributed by atoms with van der Waals surface area (Å²) in [6.07, 6.45) is 3.45. The van der Waals surface area contributed by atoms with E-state index in [4.69, 9.17) is 0 Å². The van der Waals surface area contributed by atoms with Crippen LogP contribution in [0.2, 0.25) is 0 Å². The molecule has 2 N–H and O–H groups in total. The molecule has 0 saturated carbocycles. The van der Waals surface area contributed by atoms with Crippen molar-refractivity contribution in [2.75, 3.05) is 13.1 Å². The van der Waals surface area contributed by atoms with E-state index in [9.17, 15) is 15.0 Å². The number of pyridine rings is 1. The van der Waals surface area contributed by atoms with E-state index in [-0.39, 0.29) is 23.6 Å². The van der Waals surface area contributed by atoms with Crippen LogP contribution in [0.15, 0.2) is 29.2 Å². The minimum absolute atomic E-state index is 0.00266. The maximum atomic E-state index is 12.3. The highest BCUT2D eigenvalue weighted by Crippen LogP contribution is 2.27. The first-order valence-electron chi connectivity index (χ1n) is 8.98. The van der Waals surface area contributed by atoms with E-state index in [1.165, 1.54) is 16.5 Å². The van der Waals surface area contributed by atoms with Gasteiger partial charge in [0.2, 0.25) is 0 Å². The summed E-state index contributed by atoms with van der Waals surface area (Å²) < 4.78 is 3.22. The lowest BCUT2D eigenvalue weighted by atomic mass is 9.96. The van der Waals surface area contributed by atoms with E-state index >= 15 is 0 Å². The number of aromatic hydroxyl groups is 1. The predicted molar refractivity (Wildman–Crippen MR) is 97.3 cm³/mol. The van der Waals surface area contributed by atoms with E-state index in [1.807, 2.05) is 11.6 Å². The van der Waals surface area contributed by atoms with Gasteiger partial charge in [-0.1, -0.05) is 0 Å². The highest BCUT2D eigenvalue weighted by molar-refractivity contribution is 5.52. The molecule has 3 aromatic rings. The van der Waals surface area contributed by atoms with Gasteiger partial charge in [0.1, 0.15) is 12.4 Å². The molecular formula is C18H22N6O3. The van der Waals surface area contributed by atoms with Crippen LogP contribution in [0.5, 0.6) is 5.75 Å². The Morgan fingerprint density at radius 3 is 2.74 bits per heavy atom. The third-order valence-corrected chi connectivity index (χ3v) is 5.20. The van der Waals surface area contributed by atoms with Gasteiger partial charge in [0.05, 0.1) is 5.69 Å². The van der Waals surface area contributed by atoms with Gasteiger partial charge in [-0.3, -0.25) is 14.1 Å². The van der Waals surface area contributed by atoms with Crippen LogP contribution in [0, 0.1) is 0 Å². The number of rotatable bonds is 4. The summed E-state index contributed by atoms with van der Waals surface area (Å²) in [7, 11) is 1.88. The Hall–Kier alpha value is -2.78. The van der Waals surface area contributed by atoms with Gasteiger partial charge in [-0.25, -0.2) is 4.98 Å². The number of likely N-dealkylation sites (tertiary alicyclic amines) is 1. The number of hydrogen-bond acceptors (Lipinski definition) is 7. The van der Waals surface area contributed by atoms with Crippen LogP contribution in [0.25, 0.3) is 5.65 Å². The zero-order valence-electron chi connectivity index (χ0n) is 15.1. The summed E-state index contributed by atoms with van der Waals surface area (Å²) in [6.45, 7) is 2.16. The molecule has 27 heavy (non-hydrogen) atoms. The highest BCUT2D eigenvalue weighted by Gasteiger charge is 2.25. The zero-order valence-corrected chi connectivity index (χ0v) is 15.1. The summed E-state index contributed by atoms with van der Waals surface area (Å²) in [6, 6.07) is 4.66. The molecule has 3 aromatic heterocycles. The third-order valence-electron chi connectivity index (χ3n) is 5.20. The molecule has 4 heterocycles. The first kappa shape index (κ1) is 17.6. The Morgan fingerprint density at radius 1 is 1.26 bits per heavy atom. The van der Waals surface area contributed by atoms with E-state index in [2.05, 4.69) is 20.1 Å². The van der Waals surface area contributed by atoms with Crippen molar-refractivity contribution < 1.29 is 10.2 Å². The Bertz CT molecular complexity index is 1020. The molecule has 9 heteroatoms. The topological polar surface area (TPSA) is 109 Å². The van der Waals surface area contributed by atoms with Gasteiger partial charge < -0.3 is 14.8 Å². The van der Waals surface area contributed by atoms with Crippen LogP contribution in [0.3, 0.4) is 0 Å². The summed E-state index contributed by atoms with van der Waals surface area (Å²) in [5.74, 6) is 1.79. The summed E-state index contributed by atoms with van der Waals surface area (Å²) in [5.41, 5.74) is 0.739. The number of aliphatic hydroxyl groups is 1. The fourth-order valence-corrected chi connectivity index (χ4v) is 3.69. The van der Waals surface area contributed by atoms with Crippen molar-refractivity contribution in [1.82, 2.24) is 29.0 Å². The summed E-state index contributed by atoms with van der Waals surface area (Å²) >= 11 is 0. The quantitative estimate of drug-likeness (QED) is 0.684. The van der Waals surface area contributed by atoms with Crippen molar-refractivity contribution in [2.24, 2.45) is 7.05 Å². The molecule has 0 bridgehead atoms. The number of hydrogen-bond donors (Lipinski definition) is 2. The average molecular weight is 370 g/mol. The monoisotopic (exact) mass is 370 g/mol. The van der Waals surface area contributed by atoms with Crippen molar-refractivity contribution in [1.29, 1.82) is 0 Å². The van der Waals surface area contributed by atoms with Crippen LogP contribution < -0.4 is 5.56 Å². The van der Waals surface area contributed by atoms with Gasteiger partial charge in [0.15, 0.2) is 17.2 Å². The van der Waals surface area contributed by atoms with Crippen molar-refractivity contribution in [3.8, 4) is 5.75 Å². The van der Waals surface area contributed by atoms with Crippen LogP contribution in [0.4, 0.5) is 0 Å². The molecule has 0 aromatic carbocycles. The van der Waals surface area contributed by atoms with Gasteiger partial charge in [0.25, 0.3) is 5.56 Å². The van der Waals surface area contributed by atoms with Gasteiger partial charge in [-0.15, -0.1) is 10.2 Å². The number of aliphatic hydroxyl groups excluding tert-OH is 1. The molecule has 1 fully saturated rings. The van der Waals surface area contributed by atoms with Gasteiger partial charge in [-0.05, 0) is 38.1 Å². The summed E-state index contributed by atoms with van der Waals surface area (Å²) in [5, 5.41) is 27.5. The molecule has 1 aliphatic heterocycles. The molecule has 0 spiro atoms. The second kappa shape index (κ2) is 7.09. The van der Waals surface area contributed by atoms with E-state index in [1.54, 1.807) is 12.3 Å². The number of aromatic nitrogens is 5. The zero-order chi connectivity index (χ0) is 19.0. The smallest absolute Gasteiger partial charge is 0.258 e. The molecular weight excluding hydrogens is 348 g/mol. The van der Waals surface area contributed by atoms with E-state index in [0.717, 1.165) is 31.8 Å². The first-order valence-corrected chi connectivity index (χ1v) is 8.98. The van der Waals surface area contributed by atoms with Crippen molar-refractivity contribution in [3.63, 3.8) is 0 Å². The molecule has 9 nitrogen and oxygen atoms in total. The van der Waals surface area contributed by atoms with Gasteiger partial charge in [-0.2, -0.15) is 0 Å². The van der Waals surface area contributed by atoms with Crippen molar-refractivity contribution >= 4 is 5.65 Å².